The monoisotopic (exact) mass is 480 g/mol. The van der Waals surface area contributed by atoms with E-state index < -0.39 is 6.04 Å². The fraction of sp³-hybridized carbons (Fsp3) is 0.207. The molecule has 7 heteroatoms. The second kappa shape index (κ2) is 8.75. The number of carbonyl (C=O) groups excluding carboxylic acids is 1. The molecule has 0 fully saturated rings. The molecule has 180 valence electrons. The summed E-state index contributed by atoms with van der Waals surface area (Å²) in [5.74, 6) is 0.346. The second-order valence-corrected chi connectivity index (χ2v) is 9.37. The largest absolute Gasteiger partial charge is 0.334 e. The van der Waals surface area contributed by atoms with Gasteiger partial charge in [0.25, 0.3) is 5.89 Å². The zero-order valence-electron chi connectivity index (χ0n) is 20.1. The van der Waals surface area contributed by atoms with Gasteiger partial charge in [-0.05, 0) is 74.1 Å². The Morgan fingerprint density at radius 3 is 2.61 bits per heavy atom. The van der Waals surface area contributed by atoms with Crippen LogP contribution < -0.4 is 10.2 Å². The van der Waals surface area contributed by atoms with Crippen LogP contribution in [0.4, 0.5) is 14.9 Å². The molecule has 36 heavy (non-hydrogen) atoms. The van der Waals surface area contributed by atoms with Gasteiger partial charge in [-0.15, -0.1) is 0 Å². The number of aromatic nitrogens is 2. The van der Waals surface area contributed by atoms with E-state index in [1.165, 1.54) is 23.3 Å². The number of anilines is 1. The van der Waals surface area contributed by atoms with Crippen molar-refractivity contribution in [3.63, 3.8) is 0 Å². The first kappa shape index (κ1) is 22.2. The smallest absolute Gasteiger partial charge is 0.326 e. The number of aryl methyl sites for hydroxylation is 3. The summed E-state index contributed by atoms with van der Waals surface area (Å²) in [7, 11) is 0. The number of amides is 2. The van der Waals surface area contributed by atoms with Crippen molar-refractivity contribution in [3.8, 4) is 11.4 Å². The third kappa shape index (κ3) is 3.86. The number of carbonyl (C=O) groups is 1. The molecule has 1 N–H and O–H groups in total. The number of nitrogens with one attached hydrogen (secondary N) is 1. The van der Waals surface area contributed by atoms with Gasteiger partial charge in [0.2, 0.25) is 5.82 Å². The molecule has 0 saturated heterocycles. The van der Waals surface area contributed by atoms with Crippen LogP contribution in [0.25, 0.3) is 17.0 Å². The number of hydrogen-bond acceptors (Lipinski definition) is 4. The maximum absolute atomic E-state index is 14.2. The standard InChI is InChI=1S/C29H25FN4O2/c1-17-9-11-20(12-10-17)27-32-28(36-33-27)25-18(2)34(24-14-13-19-5-3-6-21(19)16-24)29(35)31-26(25)22-7-4-8-23(30)15-22/h4,7-16,26H,3,5-6H2,1-2H3,(H,31,35). The van der Waals surface area contributed by atoms with Gasteiger partial charge in [-0.3, -0.25) is 4.90 Å². The summed E-state index contributed by atoms with van der Waals surface area (Å²) in [6, 6.07) is 19.3. The molecule has 2 heterocycles. The first-order valence-electron chi connectivity index (χ1n) is 12.1. The maximum atomic E-state index is 14.2. The van der Waals surface area contributed by atoms with E-state index in [9.17, 15) is 9.18 Å². The first-order chi connectivity index (χ1) is 17.5. The highest BCUT2D eigenvalue weighted by molar-refractivity contribution is 6.01. The molecule has 1 aliphatic heterocycles. The molecule has 0 radical (unpaired) electrons. The van der Waals surface area contributed by atoms with Crippen LogP contribution in [0.1, 0.15) is 47.5 Å². The lowest BCUT2D eigenvalue weighted by Crippen LogP contribution is -2.46. The van der Waals surface area contributed by atoms with Crippen LogP contribution >= 0.6 is 0 Å². The van der Waals surface area contributed by atoms with Gasteiger partial charge in [0, 0.05) is 11.3 Å². The van der Waals surface area contributed by atoms with Crippen molar-refractivity contribution in [1.82, 2.24) is 15.5 Å². The van der Waals surface area contributed by atoms with Gasteiger partial charge in [-0.1, -0.05) is 53.2 Å². The number of halogens is 1. The third-order valence-corrected chi connectivity index (χ3v) is 6.97. The minimum atomic E-state index is -0.648. The van der Waals surface area contributed by atoms with Crippen molar-refractivity contribution in [3.05, 3.63) is 106 Å². The van der Waals surface area contributed by atoms with Gasteiger partial charge in [0.15, 0.2) is 0 Å². The number of nitrogens with zero attached hydrogens (tertiary/aromatic N) is 3. The molecule has 1 atom stereocenters. The molecule has 2 amide bonds. The average Bonchev–Trinajstić information content (AvgIpc) is 3.54. The average molecular weight is 481 g/mol. The topological polar surface area (TPSA) is 71.3 Å². The third-order valence-electron chi connectivity index (χ3n) is 6.97. The highest BCUT2D eigenvalue weighted by Crippen LogP contribution is 2.40. The van der Waals surface area contributed by atoms with Gasteiger partial charge in [-0.2, -0.15) is 4.98 Å². The molecule has 1 aliphatic carbocycles. The molecular formula is C29H25FN4O2. The molecule has 0 saturated carbocycles. The Labute approximate surface area is 208 Å². The zero-order valence-corrected chi connectivity index (χ0v) is 20.1. The van der Waals surface area contributed by atoms with E-state index in [4.69, 9.17) is 4.52 Å². The van der Waals surface area contributed by atoms with Crippen molar-refractivity contribution in [2.75, 3.05) is 4.90 Å². The molecule has 6 rings (SSSR count). The van der Waals surface area contributed by atoms with Crippen molar-refractivity contribution < 1.29 is 13.7 Å². The Hall–Kier alpha value is -4.26. The van der Waals surface area contributed by atoms with Gasteiger partial charge in [0.05, 0.1) is 17.3 Å². The van der Waals surface area contributed by atoms with Crippen LogP contribution in [-0.2, 0) is 12.8 Å². The summed E-state index contributed by atoms with van der Waals surface area (Å²) < 4.78 is 19.9. The van der Waals surface area contributed by atoms with E-state index in [1.807, 2.05) is 44.2 Å². The summed E-state index contributed by atoms with van der Waals surface area (Å²) in [6.07, 6.45) is 3.19. The number of hydrogen-bond donors (Lipinski definition) is 1. The molecular weight excluding hydrogens is 455 g/mol. The maximum Gasteiger partial charge on any atom is 0.326 e. The van der Waals surface area contributed by atoms with Crippen LogP contribution in [0, 0.1) is 12.7 Å². The quantitative estimate of drug-likeness (QED) is 0.368. The Kier molecular flexibility index (Phi) is 5.40. The fourth-order valence-electron chi connectivity index (χ4n) is 5.12. The minimum Gasteiger partial charge on any atom is -0.334 e. The summed E-state index contributed by atoms with van der Waals surface area (Å²) in [6.45, 7) is 3.88. The molecule has 3 aromatic carbocycles. The summed E-state index contributed by atoms with van der Waals surface area (Å²) in [5, 5.41) is 7.26. The van der Waals surface area contributed by atoms with Gasteiger partial charge in [0.1, 0.15) is 5.82 Å². The lowest BCUT2D eigenvalue weighted by Gasteiger charge is -2.35. The number of fused-ring (bicyclic) bond motifs is 1. The summed E-state index contributed by atoms with van der Waals surface area (Å²) >= 11 is 0. The fourth-order valence-corrected chi connectivity index (χ4v) is 5.12. The van der Waals surface area contributed by atoms with Gasteiger partial charge in [-0.25, -0.2) is 9.18 Å². The van der Waals surface area contributed by atoms with Crippen molar-refractivity contribution >= 4 is 17.3 Å². The Morgan fingerprint density at radius 2 is 1.81 bits per heavy atom. The molecule has 1 aromatic heterocycles. The number of urea groups is 1. The second-order valence-electron chi connectivity index (χ2n) is 9.37. The molecule has 2 aliphatic rings. The summed E-state index contributed by atoms with van der Waals surface area (Å²) in [5.41, 5.74) is 7.22. The molecule has 0 spiro atoms. The Morgan fingerprint density at radius 1 is 1.00 bits per heavy atom. The minimum absolute atomic E-state index is 0.281. The van der Waals surface area contributed by atoms with E-state index in [-0.39, 0.29) is 17.7 Å². The summed E-state index contributed by atoms with van der Waals surface area (Å²) in [4.78, 5) is 19.8. The highest BCUT2D eigenvalue weighted by Gasteiger charge is 2.37. The highest BCUT2D eigenvalue weighted by atomic mass is 19.1. The van der Waals surface area contributed by atoms with E-state index >= 15 is 0 Å². The van der Waals surface area contributed by atoms with Crippen molar-refractivity contribution in [1.29, 1.82) is 0 Å². The number of allylic oxidation sites excluding steroid dienone is 1. The van der Waals surface area contributed by atoms with Crippen molar-refractivity contribution in [2.24, 2.45) is 0 Å². The predicted molar refractivity (Wildman–Crippen MR) is 136 cm³/mol. The van der Waals surface area contributed by atoms with E-state index in [1.54, 1.807) is 17.0 Å². The Balaban J connectivity index is 1.49. The van der Waals surface area contributed by atoms with Crippen LogP contribution in [0.15, 0.2) is 77.0 Å². The lowest BCUT2D eigenvalue weighted by molar-refractivity contribution is 0.244. The lowest BCUT2D eigenvalue weighted by atomic mass is 9.94. The van der Waals surface area contributed by atoms with Crippen LogP contribution in [0.5, 0.6) is 0 Å². The van der Waals surface area contributed by atoms with E-state index in [0.29, 0.717) is 22.7 Å². The normalized spacial score (nSPS) is 17.4. The molecule has 6 nitrogen and oxygen atoms in total. The van der Waals surface area contributed by atoms with Crippen LogP contribution in [-0.4, -0.2) is 16.2 Å². The van der Waals surface area contributed by atoms with Crippen LogP contribution in [0.3, 0.4) is 0 Å². The molecule has 1 unspecified atom stereocenters. The first-order valence-corrected chi connectivity index (χ1v) is 12.1. The van der Waals surface area contributed by atoms with Crippen molar-refractivity contribution in [2.45, 2.75) is 39.2 Å². The van der Waals surface area contributed by atoms with E-state index in [2.05, 4.69) is 27.6 Å². The van der Waals surface area contributed by atoms with E-state index in [0.717, 1.165) is 36.1 Å². The Bertz CT molecular complexity index is 1510. The van der Waals surface area contributed by atoms with Crippen LogP contribution in [0.2, 0.25) is 0 Å². The predicted octanol–water partition coefficient (Wildman–Crippen LogP) is 6.37. The van der Waals surface area contributed by atoms with Gasteiger partial charge < -0.3 is 9.84 Å². The SMILES string of the molecule is CC1=C(c2nc(-c3ccc(C)cc3)no2)C(c2cccc(F)c2)NC(=O)N1c1ccc2c(c1)CCC2. The van der Waals surface area contributed by atoms with Gasteiger partial charge >= 0.3 is 6.03 Å². The zero-order chi connectivity index (χ0) is 24.8. The number of benzene rings is 3. The number of rotatable bonds is 4. The molecule has 0 bridgehead atoms. The molecule has 4 aromatic rings.